The number of ether oxygens (including phenoxy) is 1. The molecular weight excluding hydrogens is 701 g/mol. The molecule has 6 heteroatoms. The van der Waals surface area contributed by atoms with Crippen LogP contribution in [0.4, 0.5) is 11.4 Å². The summed E-state index contributed by atoms with van der Waals surface area (Å²) in [6.07, 6.45) is 2.19. The lowest BCUT2D eigenvalue weighted by atomic mass is 9.96. The minimum Gasteiger partial charge on any atom is -0.399 e. The van der Waals surface area contributed by atoms with E-state index in [1.807, 2.05) is 66.0 Å². The summed E-state index contributed by atoms with van der Waals surface area (Å²) in [7, 11) is 0. The molecule has 280 valence electrons. The number of hydrogen-bond acceptors (Lipinski definition) is 6. The Morgan fingerprint density at radius 2 is 1.00 bits per heavy atom. The molecule has 0 unspecified atom stereocenters. The van der Waals surface area contributed by atoms with Crippen molar-refractivity contribution in [3.05, 3.63) is 192 Å². The standard InChI is InChI=1S/C24H27NOS.C13H13NS.C11H14O/c1-19(16-20-8-4-2-5-9-20)24(26)17-25-22-12-14-23(15-13-22)27-18-21-10-6-3-7-11-21;14-12-6-8-13(9-7-12)15-10-11-4-2-1-3-5-11;1-9(11-8-12-11)7-10-5-3-2-4-6-10/h2-15,19,24-26H,16-18H2,1H3;1-9H,10,14H2;2-6,9,11H,7-8H2,1H3/t19-,24+;;9-,11+/m0.0/s1. The fourth-order valence-corrected chi connectivity index (χ4v) is 7.47. The summed E-state index contributed by atoms with van der Waals surface area (Å²) >= 11 is 3.66. The average molecular weight is 755 g/mol. The van der Waals surface area contributed by atoms with Gasteiger partial charge in [-0.1, -0.05) is 135 Å². The Morgan fingerprint density at radius 3 is 1.44 bits per heavy atom. The highest BCUT2D eigenvalue weighted by Gasteiger charge is 2.29. The van der Waals surface area contributed by atoms with Crippen molar-refractivity contribution >= 4 is 34.9 Å². The molecule has 0 aliphatic carbocycles. The predicted octanol–water partition coefficient (Wildman–Crippen LogP) is 11.5. The highest BCUT2D eigenvalue weighted by atomic mass is 32.2. The van der Waals surface area contributed by atoms with Crippen molar-refractivity contribution in [2.75, 3.05) is 24.2 Å². The van der Waals surface area contributed by atoms with Crippen LogP contribution in [0.5, 0.6) is 0 Å². The number of epoxide rings is 1. The summed E-state index contributed by atoms with van der Waals surface area (Å²) in [4.78, 5) is 2.51. The SMILES string of the molecule is C[C@@H](Cc1ccccc1)[C@H](O)CNc1ccc(SCc2ccccc2)cc1.C[C@@H](Cc1ccccc1)[C@H]1CO1.Nc1ccc(SCc2ccccc2)cc1. The van der Waals surface area contributed by atoms with Gasteiger partial charge in [0.25, 0.3) is 0 Å². The van der Waals surface area contributed by atoms with Crippen LogP contribution in [-0.2, 0) is 29.1 Å². The van der Waals surface area contributed by atoms with Crippen LogP contribution in [0.3, 0.4) is 0 Å². The maximum absolute atomic E-state index is 10.4. The molecule has 4 N–H and O–H groups in total. The van der Waals surface area contributed by atoms with E-state index in [1.165, 1.54) is 32.0 Å². The molecule has 1 aliphatic heterocycles. The third-order valence-corrected chi connectivity index (χ3v) is 11.4. The van der Waals surface area contributed by atoms with E-state index in [2.05, 4.69) is 147 Å². The molecule has 6 aromatic rings. The molecule has 1 heterocycles. The monoisotopic (exact) mass is 754 g/mol. The Bertz CT molecular complexity index is 1860. The smallest absolute Gasteiger partial charge is 0.0838 e. The normalized spacial score (nSPS) is 14.6. The van der Waals surface area contributed by atoms with Gasteiger partial charge >= 0.3 is 0 Å². The number of rotatable bonds is 15. The molecule has 0 amide bonds. The summed E-state index contributed by atoms with van der Waals surface area (Å²) in [5.41, 5.74) is 12.9. The minimum atomic E-state index is -0.377. The molecule has 6 aromatic carbocycles. The zero-order valence-corrected chi connectivity index (χ0v) is 33.1. The van der Waals surface area contributed by atoms with Crippen molar-refractivity contribution in [2.24, 2.45) is 11.8 Å². The van der Waals surface area contributed by atoms with E-state index in [1.54, 1.807) is 0 Å². The van der Waals surface area contributed by atoms with Gasteiger partial charge in [-0.3, -0.25) is 0 Å². The summed E-state index contributed by atoms with van der Waals surface area (Å²) in [6, 6.07) is 58.3. The van der Waals surface area contributed by atoms with Gasteiger partial charge in [-0.15, -0.1) is 23.5 Å². The second kappa shape index (κ2) is 22.7. The van der Waals surface area contributed by atoms with Crippen molar-refractivity contribution in [1.82, 2.24) is 0 Å². The molecule has 0 radical (unpaired) electrons. The van der Waals surface area contributed by atoms with Crippen molar-refractivity contribution in [3.63, 3.8) is 0 Å². The number of nitrogens with one attached hydrogen (secondary N) is 1. The second-order valence-corrected chi connectivity index (χ2v) is 15.9. The van der Waals surface area contributed by atoms with Crippen LogP contribution in [0, 0.1) is 11.8 Å². The first kappa shape index (κ1) is 40.7. The van der Waals surface area contributed by atoms with Gasteiger partial charge in [0.05, 0.1) is 18.8 Å². The van der Waals surface area contributed by atoms with Gasteiger partial charge in [0.1, 0.15) is 0 Å². The fraction of sp³-hybridized carbons (Fsp3) is 0.250. The van der Waals surface area contributed by atoms with Gasteiger partial charge < -0.3 is 20.9 Å². The van der Waals surface area contributed by atoms with Gasteiger partial charge in [-0.2, -0.15) is 0 Å². The van der Waals surface area contributed by atoms with E-state index in [0.29, 0.717) is 18.6 Å². The lowest BCUT2D eigenvalue weighted by Gasteiger charge is -2.20. The van der Waals surface area contributed by atoms with E-state index >= 15 is 0 Å². The lowest BCUT2D eigenvalue weighted by molar-refractivity contribution is 0.129. The van der Waals surface area contributed by atoms with Gasteiger partial charge in [-0.05, 0) is 95.5 Å². The molecule has 0 saturated carbocycles. The molecule has 4 nitrogen and oxygen atoms in total. The van der Waals surface area contributed by atoms with Crippen LogP contribution in [0.15, 0.2) is 180 Å². The third kappa shape index (κ3) is 15.5. The maximum Gasteiger partial charge on any atom is 0.0838 e. The zero-order valence-electron chi connectivity index (χ0n) is 31.5. The van der Waals surface area contributed by atoms with Crippen molar-refractivity contribution in [1.29, 1.82) is 0 Å². The number of nitrogens with two attached hydrogens (primary N) is 1. The van der Waals surface area contributed by atoms with Crippen molar-refractivity contribution in [3.8, 4) is 0 Å². The van der Waals surface area contributed by atoms with E-state index in [9.17, 15) is 5.11 Å². The first-order valence-electron chi connectivity index (χ1n) is 18.8. The molecule has 0 spiro atoms. The largest absolute Gasteiger partial charge is 0.399 e. The number of aliphatic hydroxyl groups is 1. The second-order valence-electron chi connectivity index (χ2n) is 13.8. The van der Waals surface area contributed by atoms with Gasteiger partial charge in [0.2, 0.25) is 0 Å². The first-order chi connectivity index (χ1) is 26.4. The molecule has 0 bridgehead atoms. The van der Waals surface area contributed by atoms with Crippen LogP contribution < -0.4 is 11.1 Å². The van der Waals surface area contributed by atoms with E-state index in [0.717, 1.165) is 42.3 Å². The predicted molar refractivity (Wildman–Crippen MR) is 232 cm³/mol. The minimum absolute atomic E-state index is 0.209. The molecule has 4 atom stereocenters. The van der Waals surface area contributed by atoms with Crippen molar-refractivity contribution < 1.29 is 9.84 Å². The van der Waals surface area contributed by atoms with Crippen LogP contribution in [-0.4, -0.2) is 30.5 Å². The zero-order chi connectivity index (χ0) is 37.8. The number of aliphatic hydroxyl groups excluding tert-OH is 1. The lowest BCUT2D eigenvalue weighted by Crippen LogP contribution is -2.28. The summed E-state index contributed by atoms with van der Waals surface area (Å²) in [5, 5.41) is 13.8. The number of nitrogen functional groups attached to an aromatic ring is 1. The summed E-state index contributed by atoms with van der Waals surface area (Å²) in [6.45, 7) is 5.88. The summed E-state index contributed by atoms with van der Waals surface area (Å²) in [5.74, 6) is 2.86. The van der Waals surface area contributed by atoms with Gasteiger partial charge in [0.15, 0.2) is 0 Å². The molecule has 1 fully saturated rings. The number of hydrogen-bond donors (Lipinski definition) is 3. The quantitative estimate of drug-likeness (QED) is 0.0551. The topological polar surface area (TPSA) is 70.8 Å². The Kier molecular flexibility index (Phi) is 17.1. The summed E-state index contributed by atoms with van der Waals surface area (Å²) < 4.78 is 5.24. The van der Waals surface area contributed by atoms with Crippen LogP contribution >= 0.6 is 23.5 Å². The van der Waals surface area contributed by atoms with E-state index in [-0.39, 0.29) is 12.0 Å². The van der Waals surface area contributed by atoms with Crippen LogP contribution in [0.25, 0.3) is 0 Å². The van der Waals surface area contributed by atoms with Gasteiger partial charge in [0, 0.05) is 39.2 Å². The third-order valence-electron chi connectivity index (χ3n) is 9.20. The molecule has 1 aliphatic rings. The first-order valence-corrected chi connectivity index (χ1v) is 20.8. The highest BCUT2D eigenvalue weighted by Crippen LogP contribution is 2.26. The molecule has 7 rings (SSSR count). The van der Waals surface area contributed by atoms with Crippen molar-refractivity contribution in [2.45, 2.75) is 60.2 Å². The fourth-order valence-electron chi connectivity index (χ4n) is 5.76. The Hall–Kier alpha value is -4.46. The maximum atomic E-state index is 10.4. The van der Waals surface area contributed by atoms with Crippen LogP contribution in [0.2, 0.25) is 0 Å². The number of thioether (sulfide) groups is 2. The van der Waals surface area contributed by atoms with E-state index in [4.69, 9.17) is 10.5 Å². The molecule has 0 aromatic heterocycles. The van der Waals surface area contributed by atoms with Gasteiger partial charge in [-0.25, -0.2) is 0 Å². The molecule has 1 saturated heterocycles. The highest BCUT2D eigenvalue weighted by molar-refractivity contribution is 7.98. The number of anilines is 2. The molecular formula is C48H54N2O2S2. The van der Waals surface area contributed by atoms with Crippen LogP contribution in [0.1, 0.15) is 36.1 Å². The Morgan fingerprint density at radius 1 is 0.593 bits per heavy atom. The average Bonchev–Trinajstić information content (AvgIpc) is 4.08. The Labute approximate surface area is 331 Å². The number of benzene rings is 6. The Balaban J connectivity index is 0.000000173. The van der Waals surface area contributed by atoms with E-state index < -0.39 is 0 Å². The molecule has 54 heavy (non-hydrogen) atoms.